The lowest BCUT2D eigenvalue weighted by molar-refractivity contribution is -0.140. The molecule has 0 saturated heterocycles. The predicted molar refractivity (Wildman–Crippen MR) is 56.7 cm³/mol. The fourth-order valence-corrected chi connectivity index (χ4v) is 1.48. The van der Waals surface area contributed by atoms with Crippen molar-refractivity contribution in [2.24, 2.45) is 5.92 Å². The van der Waals surface area contributed by atoms with Crippen LogP contribution in [0.2, 0.25) is 0 Å². The minimum absolute atomic E-state index is 0.400. The summed E-state index contributed by atoms with van der Waals surface area (Å²) in [6.07, 6.45) is 4.39. The van der Waals surface area contributed by atoms with E-state index in [0.717, 1.165) is 12.8 Å². The maximum atomic E-state index is 10.7. The number of aliphatic carboxylic acids is 1. The van der Waals surface area contributed by atoms with Crippen molar-refractivity contribution in [2.45, 2.75) is 26.2 Å². The minimum atomic E-state index is -4.06. The van der Waals surface area contributed by atoms with Crippen LogP contribution < -0.4 is 0 Å². The molecule has 0 amide bonds. The number of unbranched alkanes of at least 4 members (excludes halogenated alkanes) is 1. The van der Waals surface area contributed by atoms with Gasteiger partial charge in [-0.15, -0.1) is 0 Å². The average molecular weight is 236 g/mol. The van der Waals surface area contributed by atoms with Gasteiger partial charge in [-0.3, -0.25) is 9.36 Å². The van der Waals surface area contributed by atoms with Gasteiger partial charge in [-0.25, -0.2) is 0 Å². The van der Waals surface area contributed by atoms with Crippen LogP contribution >= 0.6 is 7.60 Å². The molecule has 1 atom stereocenters. The van der Waals surface area contributed by atoms with Crippen LogP contribution in [0.25, 0.3) is 0 Å². The molecule has 6 heteroatoms. The van der Waals surface area contributed by atoms with E-state index in [2.05, 4.69) is 0 Å². The van der Waals surface area contributed by atoms with Gasteiger partial charge in [0.05, 0.1) is 12.1 Å². The SMILES string of the molecule is CCCCC(/C=C/CP(=O)(O)O)C(=O)O. The maximum Gasteiger partial charge on any atom is 0.329 e. The molecule has 0 aliphatic carbocycles. The van der Waals surface area contributed by atoms with E-state index in [1.807, 2.05) is 6.92 Å². The summed E-state index contributed by atoms with van der Waals surface area (Å²) in [7, 11) is -4.06. The highest BCUT2D eigenvalue weighted by Gasteiger charge is 2.14. The van der Waals surface area contributed by atoms with E-state index in [9.17, 15) is 9.36 Å². The Morgan fingerprint density at radius 1 is 1.47 bits per heavy atom. The van der Waals surface area contributed by atoms with Gasteiger partial charge in [-0.05, 0) is 6.42 Å². The van der Waals surface area contributed by atoms with Crippen LogP contribution in [0.5, 0.6) is 0 Å². The van der Waals surface area contributed by atoms with Gasteiger partial charge in [0.1, 0.15) is 0 Å². The lowest BCUT2D eigenvalue weighted by atomic mass is 10.0. The van der Waals surface area contributed by atoms with Gasteiger partial charge in [-0.2, -0.15) is 0 Å². The first-order valence-corrected chi connectivity index (χ1v) is 6.60. The van der Waals surface area contributed by atoms with E-state index in [1.165, 1.54) is 12.2 Å². The van der Waals surface area contributed by atoms with E-state index in [4.69, 9.17) is 14.9 Å². The normalized spacial score (nSPS) is 14.3. The summed E-state index contributed by atoms with van der Waals surface area (Å²) >= 11 is 0. The molecule has 3 N–H and O–H groups in total. The molecular formula is C9H17O5P. The van der Waals surface area contributed by atoms with E-state index < -0.39 is 25.6 Å². The molecule has 0 aromatic rings. The van der Waals surface area contributed by atoms with E-state index in [0.29, 0.717) is 6.42 Å². The summed E-state index contributed by atoms with van der Waals surface area (Å²) in [6, 6.07) is 0. The molecular weight excluding hydrogens is 219 g/mol. The van der Waals surface area contributed by atoms with Crippen LogP contribution in [-0.4, -0.2) is 27.0 Å². The fourth-order valence-electron chi connectivity index (χ4n) is 1.09. The van der Waals surface area contributed by atoms with Gasteiger partial charge in [0.25, 0.3) is 0 Å². The number of rotatable bonds is 7. The first kappa shape index (κ1) is 14.4. The van der Waals surface area contributed by atoms with Crippen LogP contribution in [0.15, 0.2) is 12.2 Å². The molecule has 0 aliphatic heterocycles. The molecule has 0 saturated carbocycles. The molecule has 0 spiro atoms. The zero-order chi connectivity index (χ0) is 11.9. The third kappa shape index (κ3) is 8.36. The van der Waals surface area contributed by atoms with Crippen molar-refractivity contribution in [3.63, 3.8) is 0 Å². The third-order valence-electron chi connectivity index (χ3n) is 1.90. The Hall–Kier alpha value is -0.640. The smallest absolute Gasteiger partial charge is 0.329 e. The molecule has 1 unspecified atom stereocenters. The summed E-state index contributed by atoms with van der Waals surface area (Å²) in [6.45, 7) is 1.96. The lowest BCUT2D eigenvalue weighted by Crippen LogP contribution is -2.10. The van der Waals surface area contributed by atoms with Crippen molar-refractivity contribution < 1.29 is 24.3 Å². The van der Waals surface area contributed by atoms with Crippen LogP contribution in [0, 0.1) is 5.92 Å². The fraction of sp³-hybridized carbons (Fsp3) is 0.667. The molecule has 0 aliphatic rings. The summed E-state index contributed by atoms with van der Waals surface area (Å²) < 4.78 is 10.5. The average Bonchev–Trinajstić information content (AvgIpc) is 2.08. The second-order valence-electron chi connectivity index (χ2n) is 3.36. The summed E-state index contributed by atoms with van der Waals surface area (Å²) in [4.78, 5) is 27.8. The molecule has 0 aromatic carbocycles. The van der Waals surface area contributed by atoms with Gasteiger partial charge in [-0.1, -0.05) is 31.9 Å². The minimum Gasteiger partial charge on any atom is -0.481 e. The first-order chi connectivity index (χ1) is 6.87. The zero-order valence-corrected chi connectivity index (χ0v) is 9.56. The van der Waals surface area contributed by atoms with E-state index >= 15 is 0 Å². The Bertz CT molecular complexity index is 268. The number of carboxylic acid groups (broad SMARTS) is 1. The van der Waals surface area contributed by atoms with Crippen molar-refractivity contribution in [3.05, 3.63) is 12.2 Å². The highest BCUT2D eigenvalue weighted by atomic mass is 31.2. The first-order valence-electron chi connectivity index (χ1n) is 4.81. The van der Waals surface area contributed by atoms with Gasteiger partial charge >= 0.3 is 13.6 Å². The van der Waals surface area contributed by atoms with Crippen LogP contribution in [0.1, 0.15) is 26.2 Å². The highest BCUT2D eigenvalue weighted by molar-refractivity contribution is 7.51. The van der Waals surface area contributed by atoms with Gasteiger partial charge in [0, 0.05) is 0 Å². The molecule has 88 valence electrons. The van der Waals surface area contributed by atoms with Crippen LogP contribution in [0.4, 0.5) is 0 Å². The molecule has 0 radical (unpaired) electrons. The Balaban J connectivity index is 4.16. The second-order valence-corrected chi connectivity index (χ2v) is 5.06. The van der Waals surface area contributed by atoms with Crippen molar-refractivity contribution in [3.8, 4) is 0 Å². The topological polar surface area (TPSA) is 94.8 Å². The largest absolute Gasteiger partial charge is 0.481 e. The van der Waals surface area contributed by atoms with Crippen LogP contribution in [0.3, 0.4) is 0 Å². The molecule has 0 heterocycles. The zero-order valence-electron chi connectivity index (χ0n) is 8.67. The monoisotopic (exact) mass is 236 g/mol. The van der Waals surface area contributed by atoms with Crippen LogP contribution in [-0.2, 0) is 9.36 Å². The third-order valence-corrected chi connectivity index (χ3v) is 2.58. The number of carbonyl (C=O) groups is 1. The predicted octanol–water partition coefficient (Wildman–Crippen LogP) is 1.61. The second kappa shape index (κ2) is 6.77. The number of allylic oxidation sites excluding steroid dienone is 1. The van der Waals surface area contributed by atoms with E-state index in [-0.39, 0.29) is 0 Å². The van der Waals surface area contributed by atoms with Gasteiger partial charge in [0.2, 0.25) is 0 Å². The Morgan fingerprint density at radius 2 is 2.07 bits per heavy atom. The molecule has 0 fully saturated rings. The van der Waals surface area contributed by atoms with Crippen molar-refractivity contribution in [2.75, 3.05) is 6.16 Å². The summed E-state index contributed by atoms with van der Waals surface area (Å²) in [5.41, 5.74) is 0. The van der Waals surface area contributed by atoms with Crippen molar-refractivity contribution >= 4 is 13.6 Å². The van der Waals surface area contributed by atoms with E-state index in [1.54, 1.807) is 0 Å². The molecule has 15 heavy (non-hydrogen) atoms. The van der Waals surface area contributed by atoms with Crippen molar-refractivity contribution in [1.29, 1.82) is 0 Å². The lowest BCUT2D eigenvalue weighted by Gasteiger charge is -2.06. The Morgan fingerprint density at radius 3 is 2.47 bits per heavy atom. The van der Waals surface area contributed by atoms with Gasteiger partial charge in [0.15, 0.2) is 0 Å². The molecule has 0 aromatic heterocycles. The molecule has 5 nitrogen and oxygen atoms in total. The Kier molecular flexibility index (Phi) is 6.48. The quantitative estimate of drug-likeness (QED) is 0.461. The number of hydrogen-bond donors (Lipinski definition) is 3. The maximum absolute atomic E-state index is 10.7. The van der Waals surface area contributed by atoms with Gasteiger partial charge < -0.3 is 14.9 Å². The molecule has 0 rings (SSSR count). The molecule has 0 bridgehead atoms. The Labute approximate surface area is 89.0 Å². The summed E-state index contributed by atoms with van der Waals surface area (Å²) in [5.74, 6) is -1.60. The van der Waals surface area contributed by atoms with Crippen molar-refractivity contribution in [1.82, 2.24) is 0 Å². The number of hydrogen-bond acceptors (Lipinski definition) is 2. The standard InChI is InChI=1S/C9H17O5P/c1-2-3-5-8(9(10)11)6-4-7-15(12,13)14/h4,6,8H,2-3,5,7H2,1H3,(H,10,11)(H2,12,13,14)/b6-4+. The number of carboxylic acids is 1. The summed E-state index contributed by atoms with van der Waals surface area (Å²) in [5, 5.41) is 8.78. The highest BCUT2D eigenvalue weighted by Crippen LogP contribution is 2.34.